The lowest BCUT2D eigenvalue weighted by molar-refractivity contribution is 0.0954. The molecule has 2 rings (SSSR count). The molecule has 2 aromatic heterocycles. The normalized spacial score (nSPS) is 10.8. The van der Waals surface area contributed by atoms with Crippen molar-refractivity contribution in [1.29, 1.82) is 0 Å². The summed E-state index contributed by atoms with van der Waals surface area (Å²) in [5.41, 5.74) is 3.51. The fourth-order valence-electron chi connectivity index (χ4n) is 1.56. The number of hydrazone groups is 1. The van der Waals surface area contributed by atoms with E-state index in [1.165, 1.54) is 22.9 Å². The van der Waals surface area contributed by atoms with Crippen LogP contribution in [0.5, 0.6) is 0 Å². The number of pyridine rings is 1. The molecule has 0 aliphatic heterocycles. The highest BCUT2D eigenvalue weighted by Crippen LogP contribution is 1.96. The fraction of sp³-hybridized carbons (Fsp3) is 0.154. The molecule has 0 unspecified atom stereocenters. The molecular formula is C13H14N4O2. The second-order valence-corrected chi connectivity index (χ2v) is 4.11. The SMILES string of the molecule is Cn1cccc1/C=N/NC(=O)c1ccc(=O)n(C)c1. The summed E-state index contributed by atoms with van der Waals surface area (Å²) < 4.78 is 3.22. The second kappa shape index (κ2) is 5.34. The van der Waals surface area contributed by atoms with Gasteiger partial charge >= 0.3 is 0 Å². The van der Waals surface area contributed by atoms with Crippen LogP contribution in [0.4, 0.5) is 0 Å². The summed E-state index contributed by atoms with van der Waals surface area (Å²) in [4.78, 5) is 23.0. The minimum absolute atomic E-state index is 0.163. The minimum Gasteiger partial charge on any atom is -0.350 e. The summed E-state index contributed by atoms with van der Waals surface area (Å²) in [6.45, 7) is 0. The van der Waals surface area contributed by atoms with E-state index in [4.69, 9.17) is 0 Å². The average molecular weight is 258 g/mol. The van der Waals surface area contributed by atoms with Crippen LogP contribution in [0.25, 0.3) is 0 Å². The van der Waals surface area contributed by atoms with Gasteiger partial charge in [0.05, 0.1) is 17.5 Å². The summed E-state index contributed by atoms with van der Waals surface area (Å²) in [6, 6.07) is 6.57. The van der Waals surface area contributed by atoms with Crippen LogP contribution in [0, 0.1) is 0 Å². The monoisotopic (exact) mass is 258 g/mol. The van der Waals surface area contributed by atoms with Crippen LogP contribution in [0.3, 0.4) is 0 Å². The number of carbonyl (C=O) groups is 1. The van der Waals surface area contributed by atoms with E-state index in [1.54, 1.807) is 13.3 Å². The number of aryl methyl sites for hydroxylation is 2. The molecule has 2 aromatic rings. The van der Waals surface area contributed by atoms with Crippen LogP contribution < -0.4 is 11.0 Å². The van der Waals surface area contributed by atoms with Crippen LogP contribution in [0.1, 0.15) is 16.1 Å². The Morgan fingerprint density at radius 2 is 2.05 bits per heavy atom. The zero-order chi connectivity index (χ0) is 13.8. The minimum atomic E-state index is -0.360. The molecule has 6 heteroatoms. The smallest absolute Gasteiger partial charge is 0.272 e. The van der Waals surface area contributed by atoms with Crippen LogP contribution in [0.15, 0.2) is 46.6 Å². The molecule has 6 nitrogen and oxygen atoms in total. The lowest BCUT2D eigenvalue weighted by Gasteiger charge is -2.02. The predicted molar refractivity (Wildman–Crippen MR) is 72.2 cm³/mol. The third-order valence-electron chi connectivity index (χ3n) is 2.69. The van der Waals surface area contributed by atoms with Crippen LogP contribution in [-0.2, 0) is 14.1 Å². The third-order valence-corrected chi connectivity index (χ3v) is 2.69. The standard InChI is InChI=1S/C13H14N4O2/c1-16-7-3-4-11(16)8-14-15-13(19)10-5-6-12(18)17(2)9-10/h3-9H,1-2H3,(H,15,19)/b14-8+. The van der Waals surface area contributed by atoms with Gasteiger partial charge in [-0.05, 0) is 18.2 Å². The van der Waals surface area contributed by atoms with Crippen molar-refractivity contribution < 1.29 is 4.79 Å². The van der Waals surface area contributed by atoms with Crippen molar-refractivity contribution >= 4 is 12.1 Å². The van der Waals surface area contributed by atoms with Crippen molar-refractivity contribution in [3.05, 3.63) is 58.3 Å². The molecule has 0 saturated heterocycles. The van der Waals surface area contributed by atoms with E-state index in [9.17, 15) is 9.59 Å². The predicted octanol–water partition coefficient (Wildman–Crippen LogP) is 0.488. The van der Waals surface area contributed by atoms with Crippen molar-refractivity contribution in [3.63, 3.8) is 0 Å². The summed E-state index contributed by atoms with van der Waals surface area (Å²) in [6.07, 6.45) is 4.91. The van der Waals surface area contributed by atoms with Gasteiger partial charge in [0, 0.05) is 32.6 Å². The molecule has 19 heavy (non-hydrogen) atoms. The number of carbonyl (C=O) groups excluding carboxylic acids is 1. The second-order valence-electron chi connectivity index (χ2n) is 4.11. The Morgan fingerprint density at radius 1 is 1.26 bits per heavy atom. The van der Waals surface area contributed by atoms with Crippen LogP contribution in [-0.4, -0.2) is 21.3 Å². The van der Waals surface area contributed by atoms with Gasteiger partial charge in [0.25, 0.3) is 5.91 Å². The number of hydrogen-bond acceptors (Lipinski definition) is 3. The van der Waals surface area contributed by atoms with Gasteiger partial charge in [0.15, 0.2) is 0 Å². The van der Waals surface area contributed by atoms with E-state index in [0.29, 0.717) is 5.56 Å². The Morgan fingerprint density at radius 3 is 2.68 bits per heavy atom. The molecule has 1 amide bonds. The molecular weight excluding hydrogens is 244 g/mol. The average Bonchev–Trinajstić information content (AvgIpc) is 2.78. The number of rotatable bonds is 3. The van der Waals surface area contributed by atoms with Crippen molar-refractivity contribution in [2.45, 2.75) is 0 Å². The first kappa shape index (κ1) is 12.8. The Hall–Kier alpha value is -2.63. The van der Waals surface area contributed by atoms with E-state index in [2.05, 4.69) is 10.5 Å². The van der Waals surface area contributed by atoms with E-state index in [0.717, 1.165) is 5.69 Å². The van der Waals surface area contributed by atoms with E-state index in [-0.39, 0.29) is 11.5 Å². The summed E-state index contributed by atoms with van der Waals surface area (Å²) in [5.74, 6) is -0.360. The molecule has 0 spiro atoms. The van der Waals surface area contributed by atoms with Crippen LogP contribution >= 0.6 is 0 Å². The van der Waals surface area contributed by atoms with Crippen LogP contribution in [0.2, 0.25) is 0 Å². The maximum Gasteiger partial charge on any atom is 0.272 e. The van der Waals surface area contributed by atoms with E-state index < -0.39 is 0 Å². The maximum atomic E-state index is 11.8. The number of hydrogen-bond donors (Lipinski definition) is 1. The van der Waals surface area contributed by atoms with Gasteiger partial charge in [-0.25, -0.2) is 5.43 Å². The van der Waals surface area contributed by atoms with E-state index >= 15 is 0 Å². The van der Waals surface area contributed by atoms with Gasteiger partial charge in [0.2, 0.25) is 5.56 Å². The first-order valence-corrected chi connectivity index (χ1v) is 5.69. The summed E-state index contributed by atoms with van der Waals surface area (Å²) in [7, 11) is 3.47. The highest BCUT2D eigenvalue weighted by Gasteiger charge is 2.04. The zero-order valence-electron chi connectivity index (χ0n) is 10.7. The van der Waals surface area contributed by atoms with E-state index in [1.807, 2.05) is 29.9 Å². The number of nitrogens with one attached hydrogen (secondary N) is 1. The molecule has 0 saturated carbocycles. The molecule has 0 aromatic carbocycles. The first-order chi connectivity index (χ1) is 9.08. The quantitative estimate of drug-likeness (QED) is 0.643. The van der Waals surface area contributed by atoms with Crippen molar-refractivity contribution in [2.75, 3.05) is 0 Å². The molecule has 2 heterocycles. The topological polar surface area (TPSA) is 68.4 Å². The first-order valence-electron chi connectivity index (χ1n) is 5.69. The zero-order valence-corrected chi connectivity index (χ0v) is 10.7. The van der Waals surface area contributed by atoms with Gasteiger partial charge in [0.1, 0.15) is 0 Å². The molecule has 0 bridgehead atoms. The van der Waals surface area contributed by atoms with Gasteiger partial charge < -0.3 is 9.13 Å². The highest BCUT2D eigenvalue weighted by atomic mass is 16.2. The van der Waals surface area contributed by atoms with Crippen molar-refractivity contribution in [2.24, 2.45) is 19.2 Å². The molecule has 0 aliphatic rings. The fourth-order valence-corrected chi connectivity index (χ4v) is 1.56. The Bertz CT molecular complexity index is 682. The van der Waals surface area contributed by atoms with Gasteiger partial charge in [-0.1, -0.05) is 0 Å². The third kappa shape index (κ3) is 2.98. The summed E-state index contributed by atoms with van der Waals surface area (Å²) in [5, 5.41) is 3.87. The van der Waals surface area contributed by atoms with Crippen molar-refractivity contribution in [3.8, 4) is 0 Å². The maximum absolute atomic E-state index is 11.8. The molecule has 1 N–H and O–H groups in total. The molecule has 0 radical (unpaired) electrons. The lowest BCUT2D eigenvalue weighted by Crippen LogP contribution is -2.22. The Labute approximate surface area is 110 Å². The summed E-state index contributed by atoms with van der Waals surface area (Å²) >= 11 is 0. The molecule has 98 valence electrons. The number of amides is 1. The largest absolute Gasteiger partial charge is 0.350 e. The lowest BCUT2D eigenvalue weighted by atomic mass is 10.3. The number of nitrogens with zero attached hydrogens (tertiary/aromatic N) is 3. The molecule has 0 aliphatic carbocycles. The molecule has 0 fully saturated rings. The van der Waals surface area contributed by atoms with Gasteiger partial charge in [-0.15, -0.1) is 0 Å². The van der Waals surface area contributed by atoms with Gasteiger partial charge in [-0.2, -0.15) is 5.10 Å². The Balaban J connectivity index is 2.05. The molecule has 0 atom stereocenters. The Kier molecular flexibility index (Phi) is 3.61. The number of aromatic nitrogens is 2. The van der Waals surface area contributed by atoms with Crippen molar-refractivity contribution in [1.82, 2.24) is 14.6 Å². The highest BCUT2D eigenvalue weighted by molar-refractivity contribution is 5.94. The van der Waals surface area contributed by atoms with Gasteiger partial charge in [-0.3, -0.25) is 9.59 Å².